The second kappa shape index (κ2) is 12.6. The Hall–Kier alpha value is -4.24. The maximum Gasteiger partial charge on any atom is 0.337 e. The Morgan fingerprint density at radius 1 is 1.03 bits per heavy atom. The summed E-state index contributed by atoms with van der Waals surface area (Å²) in [6.07, 6.45) is 3.02. The first-order chi connectivity index (χ1) is 17.7. The molecule has 0 radical (unpaired) electrons. The van der Waals surface area contributed by atoms with Gasteiger partial charge >= 0.3 is 11.9 Å². The molecular formula is C28H30N2O7. The lowest BCUT2D eigenvalue weighted by molar-refractivity contribution is -0.384. The van der Waals surface area contributed by atoms with Crippen molar-refractivity contribution >= 4 is 23.7 Å². The smallest absolute Gasteiger partial charge is 0.337 e. The molecule has 1 N–H and O–H groups in total. The topological polar surface area (TPSA) is 117 Å². The summed E-state index contributed by atoms with van der Waals surface area (Å²) in [6, 6.07) is 15.4. The Kier molecular flexibility index (Phi) is 9.34. The van der Waals surface area contributed by atoms with Crippen LogP contribution < -0.4 is 5.32 Å². The quantitative estimate of drug-likeness (QED) is 0.214. The van der Waals surface area contributed by atoms with Crippen LogP contribution in [0.4, 0.5) is 5.69 Å². The fourth-order valence-corrected chi connectivity index (χ4v) is 4.06. The van der Waals surface area contributed by atoms with E-state index in [-0.39, 0.29) is 30.0 Å². The number of nitro groups is 1. The Balaban J connectivity index is 1.98. The van der Waals surface area contributed by atoms with Gasteiger partial charge in [0.2, 0.25) is 0 Å². The van der Waals surface area contributed by atoms with Crippen LogP contribution in [0.1, 0.15) is 37.8 Å². The molecule has 2 unspecified atom stereocenters. The number of ether oxygens (including phenoxy) is 3. The van der Waals surface area contributed by atoms with Gasteiger partial charge in [0.25, 0.3) is 5.69 Å². The molecule has 9 heteroatoms. The zero-order valence-electron chi connectivity index (χ0n) is 21.2. The number of methoxy groups -OCH3 is 1. The van der Waals surface area contributed by atoms with E-state index in [4.69, 9.17) is 14.2 Å². The number of hydrogen-bond donors (Lipinski definition) is 1. The Morgan fingerprint density at radius 3 is 2.35 bits per heavy atom. The average molecular weight is 507 g/mol. The van der Waals surface area contributed by atoms with Gasteiger partial charge in [-0.2, -0.15) is 0 Å². The van der Waals surface area contributed by atoms with Gasteiger partial charge in [0, 0.05) is 30.6 Å². The van der Waals surface area contributed by atoms with E-state index < -0.39 is 28.9 Å². The number of esters is 2. The minimum Gasteiger partial charge on any atom is -0.460 e. The summed E-state index contributed by atoms with van der Waals surface area (Å²) in [5.74, 6) is -2.25. The number of dihydropyridines is 1. The molecule has 2 aromatic rings. The van der Waals surface area contributed by atoms with Crippen LogP contribution >= 0.6 is 0 Å². The molecule has 0 amide bonds. The normalized spacial score (nSPS) is 16.4. The molecule has 2 atom stereocenters. The van der Waals surface area contributed by atoms with E-state index in [0.717, 1.165) is 5.56 Å². The zero-order valence-corrected chi connectivity index (χ0v) is 21.2. The maximum absolute atomic E-state index is 13.5. The van der Waals surface area contributed by atoms with Crippen LogP contribution in [0, 0.1) is 10.1 Å². The number of hydrogen-bond acceptors (Lipinski definition) is 8. The number of allylic oxidation sites excluding steroid dienone is 2. The number of carbonyl (C=O) groups is 2. The van der Waals surface area contributed by atoms with Crippen LogP contribution in [0.15, 0.2) is 83.2 Å². The molecule has 0 spiro atoms. The van der Waals surface area contributed by atoms with Crippen molar-refractivity contribution in [2.45, 2.75) is 32.8 Å². The Bertz CT molecular complexity index is 1250. The van der Waals surface area contributed by atoms with Gasteiger partial charge in [0.1, 0.15) is 12.7 Å². The van der Waals surface area contributed by atoms with E-state index in [1.54, 1.807) is 32.9 Å². The van der Waals surface area contributed by atoms with Crippen LogP contribution in [0.3, 0.4) is 0 Å². The van der Waals surface area contributed by atoms with Crippen molar-refractivity contribution in [2.24, 2.45) is 0 Å². The molecule has 0 bridgehead atoms. The van der Waals surface area contributed by atoms with Gasteiger partial charge in [0.05, 0.1) is 28.6 Å². The first-order valence-corrected chi connectivity index (χ1v) is 11.8. The van der Waals surface area contributed by atoms with Gasteiger partial charge in [-0.15, -0.1) is 0 Å². The minimum atomic E-state index is -0.936. The third-order valence-electron chi connectivity index (χ3n) is 5.79. The van der Waals surface area contributed by atoms with Gasteiger partial charge in [-0.25, -0.2) is 9.59 Å². The predicted octanol–water partition coefficient (Wildman–Crippen LogP) is 4.66. The number of nitrogens with one attached hydrogen (secondary N) is 1. The van der Waals surface area contributed by atoms with Crippen LogP contribution in [0.25, 0.3) is 6.08 Å². The fourth-order valence-electron chi connectivity index (χ4n) is 4.06. The number of rotatable bonds is 10. The molecule has 0 aliphatic carbocycles. The third-order valence-corrected chi connectivity index (χ3v) is 5.79. The summed E-state index contributed by atoms with van der Waals surface area (Å²) in [5, 5.41) is 14.5. The number of nitrogens with zero attached hydrogens (tertiary/aromatic N) is 1. The summed E-state index contributed by atoms with van der Waals surface area (Å²) in [7, 11) is 1.49. The van der Waals surface area contributed by atoms with Crippen LogP contribution in [0.5, 0.6) is 0 Å². The molecule has 194 valence electrons. The molecule has 1 aliphatic rings. The number of nitro benzene ring substituents is 1. The first-order valence-electron chi connectivity index (χ1n) is 11.8. The monoisotopic (exact) mass is 506 g/mol. The number of non-ortho nitro benzene ring substituents is 1. The van der Waals surface area contributed by atoms with Gasteiger partial charge in [-0.3, -0.25) is 10.1 Å². The maximum atomic E-state index is 13.5. The van der Waals surface area contributed by atoms with Crippen LogP contribution in [-0.4, -0.2) is 43.3 Å². The lowest BCUT2D eigenvalue weighted by atomic mass is 9.80. The summed E-state index contributed by atoms with van der Waals surface area (Å²) < 4.78 is 16.1. The van der Waals surface area contributed by atoms with Crippen molar-refractivity contribution in [1.82, 2.24) is 5.32 Å². The Labute approximate surface area is 215 Å². The highest BCUT2D eigenvalue weighted by atomic mass is 16.6. The van der Waals surface area contributed by atoms with Gasteiger partial charge < -0.3 is 19.5 Å². The lowest BCUT2D eigenvalue weighted by Crippen LogP contribution is -2.33. The average Bonchev–Trinajstić information content (AvgIpc) is 2.87. The van der Waals surface area contributed by atoms with Gasteiger partial charge in [0.15, 0.2) is 0 Å². The van der Waals surface area contributed by atoms with Gasteiger partial charge in [-0.1, -0.05) is 48.5 Å². The SMILES string of the molecule is COCCOC(=O)C1=C(C)NC(C)=C(C(=O)OC(C)/C=C/c2ccccc2)C1c1cccc([N+](=O)[O-])c1. The molecular weight excluding hydrogens is 476 g/mol. The molecule has 2 aromatic carbocycles. The van der Waals surface area contributed by atoms with E-state index in [1.807, 2.05) is 36.4 Å². The molecule has 1 aliphatic heterocycles. The molecule has 0 saturated heterocycles. The van der Waals surface area contributed by atoms with Crippen molar-refractivity contribution < 1.29 is 28.7 Å². The molecule has 9 nitrogen and oxygen atoms in total. The van der Waals surface area contributed by atoms with E-state index in [1.165, 1.54) is 25.3 Å². The highest BCUT2D eigenvalue weighted by Gasteiger charge is 2.38. The second-order valence-corrected chi connectivity index (χ2v) is 8.50. The zero-order chi connectivity index (χ0) is 26.9. The predicted molar refractivity (Wildman–Crippen MR) is 138 cm³/mol. The van der Waals surface area contributed by atoms with Crippen molar-refractivity contribution in [3.63, 3.8) is 0 Å². The molecule has 0 saturated carbocycles. The highest BCUT2D eigenvalue weighted by Crippen LogP contribution is 2.40. The molecule has 0 fully saturated rings. The largest absolute Gasteiger partial charge is 0.460 e. The van der Waals surface area contributed by atoms with E-state index in [0.29, 0.717) is 17.0 Å². The Morgan fingerprint density at radius 2 is 1.70 bits per heavy atom. The van der Waals surface area contributed by atoms with E-state index >= 15 is 0 Å². The first kappa shape index (κ1) is 27.3. The van der Waals surface area contributed by atoms with Crippen molar-refractivity contribution in [3.8, 4) is 0 Å². The highest BCUT2D eigenvalue weighted by molar-refractivity contribution is 6.00. The third kappa shape index (κ3) is 6.92. The molecule has 0 aromatic heterocycles. The number of benzene rings is 2. The standard InChI is InChI=1S/C28H30N2O7/c1-18(13-14-21-9-6-5-7-10-21)37-28(32)25-20(3)29-19(2)24(27(31)36-16-15-35-4)26(25)22-11-8-12-23(17-22)30(33)34/h5-14,17-18,26,29H,15-16H2,1-4H3/b14-13+. The lowest BCUT2D eigenvalue weighted by Gasteiger charge is -2.30. The van der Waals surface area contributed by atoms with Crippen molar-refractivity contribution in [2.75, 3.05) is 20.3 Å². The van der Waals surface area contributed by atoms with E-state index in [9.17, 15) is 19.7 Å². The molecule has 1 heterocycles. The fraction of sp³-hybridized carbons (Fsp3) is 0.286. The second-order valence-electron chi connectivity index (χ2n) is 8.50. The van der Waals surface area contributed by atoms with E-state index in [2.05, 4.69) is 5.32 Å². The summed E-state index contributed by atoms with van der Waals surface area (Å²) in [5.41, 5.74) is 2.48. The van der Waals surface area contributed by atoms with Crippen LogP contribution in [0.2, 0.25) is 0 Å². The van der Waals surface area contributed by atoms with Crippen molar-refractivity contribution in [1.29, 1.82) is 0 Å². The van der Waals surface area contributed by atoms with Gasteiger partial charge in [-0.05, 0) is 38.0 Å². The summed E-state index contributed by atoms with van der Waals surface area (Å²) in [6.45, 7) is 5.32. The summed E-state index contributed by atoms with van der Waals surface area (Å²) >= 11 is 0. The summed E-state index contributed by atoms with van der Waals surface area (Å²) in [4.78, 5) is 37.6. The van der Waals surface area contributed by atoms with Crippen molar-refractivity contribution in [3.05, 3.63) is 104 Å². The molecule has 37 heavy (non-hydrogen) atoms. The van der Waals surface area contributed by atoms with Crippen LogP contribution in [-0.2, 0) is 23.8 Å². The minimum absolute atomic E-state index is 0.0115. The number of carbonyl (C=O) groups excluding carboxylic acids is 2. The molecule has 3 rings (SSSR count).